The molecule has 0 fully saturated rings. The van der Waals surface area contributed by atoms with Crippen LogP contribution in [-0.4, -0.2) is 24.8 Å². The van der Waals surface area contributed by atoms with Gasteiger partial charge in [-0.15, -0.1) is 11.8 Å². The van der Waals surface area contributed by atoms with Crippen molar-refractivity contribution in [3.8, 4) is 17.1 Å². The maximum Gasteiger partial charge on any atom is 0.272 e. The Morgan fingerprint density at radius 1 is 0.725 bits per heavy atom. The van der Waals surface area contributed by atoms with E-state index < -0.39 is 17.1 Å². The minimum atomic E-state index is -0.556. The van der Waals surface area contributed by atoms with Gasteiger partial charge in [0.25, 0.3) is 11.8 Å². The van der Waals surface area contributed by atoms with E-state index in [1.807, 2.05) is 66.7 Å². The number of furan rings is 1. The van der Waals surface area contributed by atoms with Crippen LogP contribution in [0.3, 0.4) is 0 Å². The maximum absolute atomic E-state index is 13.7. The minimum Gasteiger partial charge on any atom is -0.496 e. The molecule has 1 heterocycles. The Morgan fingerprint density at radius 3 is 2.06 bits per heavy atom. The number of thioether (sulfide) groups is 1. The average molecular weight is 714 g/mol. The molecule has 0 bridgehead atoms. The Morgan fingerprint density at radius 2 is 1.35 bits per heavy atom. The summed E-state index contributed by atoms with van der Waals surface area (Å²) in [6, 6.07) is 43.1. The van der Waals surface area contributed by atoms with E-state index in [9.17, 15) is 14.4 Å². The zero-order chi connectivity index (χ0) is 35.6. The second-order valence-corrected chi connectivity index (χ2v) is 12.8. The summed E-state index contributed by atoms with van der Waals surface area (Å²) < 4.78 is 11.5. The Balaban J connectivity index is 1.21. The lowest BCUT2D eigenvalue weighted by Crippen LogP contribution is -2.30. The molecular weight excluding hydrogens is 682 g/mol. The lowest BCUT2D eigenvalue weighted by Gasteiger charge is -2.17. The maximum atomic E-state index is 13.7. The van der Waals surface area contributed by atoms with Gasteiger partial charge in [-0.1, -0.05) is 72.3 Å². The van der Waals surface area contributed by atoms with Crippen LogP contribution in [0.4, 0.5) is 11.4 Å². The number of carbonyl (C=O) groups is 3. The molecule has 0 spiro atoms. The molecule has 0 saturated heterocycles. The molecule has 0 saturated carbocycles. The van der Waals surface area contributed by atoms with Gasteiger partial charge in [0.05, 0.1) is 12.7 Å². The summed E-state index contributed by atoms with van der Waals surface area (Å²) in [5.41, 5.74) is 3.07. The second-order valence-electron chi connectivity index (χ2n) is 11.2. The van der Waals surface area contributed by atoms with Crippen LogP contribution in [0.5, 0.6) is 5.75 Å². The van der Waals surface area contributed by atoms with Crippen LogP contribution < -0.4 is 20.7 Å². The van der Waals surface area contributed by atoms with Gasteiger partial charge in [-0.3, -0.25) is 14.4 Å². The van der Waals surface area contributed by atoms with Gasteiger partial charge in [-0.2, -0.15) is 0 Å². The van der Waals surface area contributed by atoms with E-state index in [-0.39, 0.29) is 11.6 Å². The van der Waals surface area contributed by atoms with Crippen molar-refractivity contribution >= 4 is 58.5 Å². The molecule has 3 amide bonds. The van der Waals surface area contributed by atoms with E-state index in [0.717, 1.165) is 16.0 Å². The van der Waals surface area contributed by atoms with Crippen molar-refractivity contribution in [3.63, 3.8) is 0 Å². The third kappa shape index (κ3) is 9.16. The summed E-state index contributed by atoms with van der Waals surface area (Å²) in [5, 5.41) is 8.59. The summed E-state index contributed by atoms with van der Waals surface area (Å²) in [4.78, 5) is 41.1. The number of ether oxygens (including phenoxy) is 1. The average Bonchev–Trinajstić information content (AvgIpc) is 3.64. The van der Waals surface area contributed by atoms with Crippen molar-refractivity contribution < 1.29 is 23.5 Å². The monoisotopic (exact) mass is 713 g/mol. The SMILES string of the molecule is COc1ccccc1-c1ccc(C=C(NC(=O)c2ccccc2)C(=O)Nc2ccc(SC(C(=O)Nc3ccc(Cl)cc3)c3ccccc3)cc2)o1. The Kier molecular flexibility index (Phi) is 11.3. The van der Waals surface area contributed by atoms with Crippen LogP contribution in [0.15, 0.2) is 161 Å². The van der Waals surface area contributed by atoms with Crippen molar-refractivity contribution in [2.45, 2.75) is 10.1 Å². The minimum absolute atomic E-state index is 0.0220. The number of anilines is 2. The van der Waals surface area contributed by atoms with Gasteiger partial charge in [-0.25, -0.2) is 0 Å². The molecule has 3 N–H and O–H groups in total. The first-order valence-corrected chi connectivity index (χ1v) is 17.1. The highest BCUT2D eigenvalue weighted by atomic mass is 35.5. The van der Waals surface area contributed by atoms with E-state index in [0.29, 0.717) is 39.2 Å². The molecule has 8 nitrogen and oxygen atoms in total. The van der Waals surface area contributed by atoms with Crippen LogP contribution in [0, 0.1) is 0 Å². The Labute approximate surface area is 304 Å². The largest absolute Gasteiger partial charge is 0.496 e. The molecule has 1 atom stereocenters. The number of hydrogen-bond donors (Lipinski definition) is 3. The number of halogens is 1. The molecular formula is C41H32ClN3O5S. The number of benzene rings is 5. The van der Waals surface area contributed by atoms with Gasteiger partial charge >= 0.3 is 0 Å². The highest BCUT2D eigenvalue weighted by Crippen LogP contribution is 2.37. The number of carbonyl (C=O) groups excluding carboxylic acids is 3. The second kappa shape index (κ2) is 16.6. The first-order valence-electron chi connectivity index (χ1n) is 15.9. The number of para-hydroxylation sites is 1. The number of rotatable bonds is 12. The van der Waals surface area contributed by atoms with Gasteiger partial charge in [-0.05, 0) is 90.5 Å². The number of hydrogen-bond acceptors (Lipinski definition) is 6. The van der Waals surface area contributed by atoms with E-state index in [1.54, 1.807) is 86.0 Å². The third-order valence-corrected chi connectivity index (χ3v) is 9.15. The number of methoxy groups -OCH3 is 1. The molecule has 1 aromatic heterocycles. The first-order chi connectivity index (χ1) is 24.9. The summed E-state index contributed by atoms with van der Waals surface area (Å²) in [5.74, 6) is 0.323. The molecule has 0 aliphatic rings. The topological polar surface area (TPSA) is 110 Å². The van der Waals surface area contributed by atoms with Gasteiger partial charge in [0.15, 0.2) is 0 Å². The molecule has 0 radical (unpaired) electrons. The Hall–Kier alpha value is -6.03. The predicted molar refractivity (Wildman–Crippen MR) is 203 cm³/mol. The van der Waals surface area contributed by atoms with Crippen LogP contribution >= 0.6 is 23.4 Å². The fourth-order valence-electron chi connectivity index (χ4n) is 5.10. The first kappa shape index (κ1) is 34.8. The zero-order valence-electron chi connectivity index (χ0n) is 27.3. The van der Waals surface area contributed by atoms with E-state index in [2.05, 4.69) is 16.0 Å². The molecule has 254 valence electrons. The smallest absolute Gasteiger partial charge is 0.272 e. The quantitative estimate of drug-likeness (QED) is 0.0861. The standard InChI is InChI=1S/C41H32ClN3O5S/c1-49-36-15-9-8-14-34(36)37-25-22-32(50-37)26-35(45-39(46)28-12-6-3-7-13-28)40(47)43-31-20-23-33(24-21-31)51-38(27-10-4-2-5-11-27)41(48)44-30-18-16-29(42)17-19-30/h2-26,38H,1H3,(H,43,47)(H,44,48)(H,45,46). The van der Waals surface area contributed by atoms with Crippen molar-refractivity contribution in [1.82, 2.24) is 5.32 Å². The van der Waals surface area contributed by atoms with Gasteiger partial charge in [0.2, 0.25) is 5.91 Å². The van der Waals surface area contributed by atoms with E-state index in [1.165, 1.54) is 17.8 Å². The fraction of sp³-hybridized carbons (Fsp3) is 0.0488. The van der Waals surface area contributed by atoms with Crippen molar-refractivity contribution in [3.05, 3.63) is 173 Å². The number of amides is 3. The summed E-state index contributed by atoms with van der Waals surface area (Å²) in [6.07, 6.45) is 1.48. The molecule has 0 aliphatic heterocycles. The number of nitrogens with one attached hydrogen (secondary N) is 3. The van der Waals surface area contributed by atoms with Crippen molar-refractivity contribution in [2.24, 2.45) is 0 Å². The zero-order valence-corrected chi connectivity index (χ0v) is 28.9. The van der Waals surface area contributed by atoms with Crippen LogP contribution in [-0.2, 0) is 9.59 Å². The molecule has 1 unspecified atom stereocenters. The van der Waals surface area contributed by atoms with Crippen LogP contribution in [0.1, 0.15) is 26.9 Å². The predicted octanol–water partition coefficient (Wildman–Crippen LogP) is 9.49. The molecule has 0 aliphatic carbocycles. The lowest BCUT2D eigenvalue weighted by molar-refractivity contribution is -0.116. The lowest BCUT2D eigenvalue weighted by atomic mass is 10.1. The molecule has 5 aromatic carbocycles. The molecule has 6 rings (SSSR count). The summed E-state index contributed by atoms with van der Waals surface area (Å²) in [7, 11) is 1.58. The van der Waals surface area contributed by atoms with Gasteiger partial charge < -0.3 is 25.1 Å². The van der Waals surface area contributed by atoms with E-state index >= 15 is 0 Å². The highest BCUT2D eigenvalue weighted by molar-refractivity contribution is 8.00. The van der Waals surface area contributed by atoms with Gasteiger partial charge in [0.1, 0.15) is 28.2 Å². The van der Waals surface area contributed by atoms with Crippen molar-refractivity contribution in [1.29, 1.82) is 0 Å². The molecule has 10 heteroatoms. The summed E-state index contributed by atoms with van der Waals surface area (Å²) >= 11 is 7.39. The fourth-order valence-corrected chi connectivity index (χ4v) is 6.25. The third-order valence-electron chi connectivity index (χ3n) is 7.63. The van der Waals surface area contributed by atoms with E-state index in [4.69, 9.17) is 20.8 Å². The van der Waals surface area contributed by atoms with Crippen molar-refractivity contribution in [2.75, 3.05) is 17.7 Å². The molecule has 6 aromatic rings. The highest BCUT2D eigenvalue weighted by Gasteiger charge is 2.23. The van der Waals surface area contributed by atoms with Gasteiger partial charge in [0, 0.05) is 32.9 Å². The molecule has 51 heavy (non-hydrogen) atoms. The normalized spacial score (nSPS) is 11.7. The Bertz CT molecular complexity index is 2150. The van der Waals surface area contributed by atoms with Crippen LogP contribution in [0.2, 0.25) is 5.02 Å². The van der Waals surface area contributed by atoms with Crippen LogP contribution in [0.25, 0.3) is 17.4 Å². The summed E-state index contributed by atoms with van der Waals surface area (Å²) in [6.45, 7) is 0.